The molecule has 0 atom stereocenters. The maximum absolute atomic E-state index is 13.5. The van der Waals surface area contributed by atoms with E-state index in [4.69, 9.17) is 5.73 Å². The molecule has 0 radical (unpaired) electrons. The van der Waals surface area contributed by atoms with E-state index in [1.165, 1.54) is 18.2 Å². The maximum Gasteiger partial charge on any atom is 0.255 e. The Bertz CT molecular complexity index is 599. The highest BCUT2D eigenvalue weighted by Gasteiger charge is 2.09. The van der Waals surface area contributed by atoms with Crippen molar-refractivity contribution in [3.63, 3.8) is 0 Å². The molecule has 0 saturated heterocycles. The summed E-state index contributed by atoms with van der Waals surface area (Å²) in [6, 6.07) is 11.3. The number of nitrogens with one attached hydrogen (secondary N) is 1. The minimum Gasteiger partial charge on any atom is -0.399 e. The largest absolute Gasteiger partial charge is 0.399 e. The van der Waals surface area contributed by atoms with Crippen molar-refractivity contribution < 1.29 is 9.18 Å². The minimum absolute atomic E-state index is 0.119. The minimum atomic E-state index is -0.547. The fourth-order valence-electron chi connectivity index (χ4n) is 1.57. The number of benzene rings is 2. The van der Waals surface area contributed by atoms with Gasteiger partial charge in [0.05, 0.1) is 5.69 Å². The number of nitrogen functional groups attached to an aromatic ring is 1. The Morgan fingerprint density at radius 3 is 2.47 bits per heavy atom. The first-order chi connectivity index (χ1) is 9.10. The molecule has 0 heterocycles. The van der Waals surface area contributed by atoms with Crippen LogP contribution in [0, 0.1) is 5.82 Å². The van der Waals surface area contributed by atoms with E-state index in [2.05, 4.69) is 5.32 Å². The number of hydrogen-bond donors (Lipinski definition) is 2. The zero-order chi connectivity index (χ0) is 13.8. The average molecular weight is 276 g/mol. The van der Waals surface area contributed by atoms with Crippen LogP contribution in [0.1, 0.15) is 10.4 Å². The first-order valence-electron chi connectivity index (χ1n) is 5.60. The molecule has 0 bridgehead atoms. The number of nitrogens with two attached hydrogens (primary N) is 1. The van der Waals surface area contributed by atoms with E-state index < -0.39 is 5.82 Å². The summed E-state index contributed by atoms with van der Waals surface area (Å²) in [6.45, 7) is 0. The van der Waals surface area contributed by atoms with Crippen molar-refractivity contribution in [1.29, 1.82) is 0 Å². The lowest BCUT2D eigenvalue weighted by Crippen LogP contribution is -2.13. The Hall–Kier alpha value is -2.01. The molecule has 3 nitrogen and oxygen atoms in total. The molecule has 0 aliphatic heterocycles. The van der Waals surface area contributed by atoms with Crippen molar-refractivity contribution in [1.82, 2.24) is 0 Å². The van der Waals surface area contributed by atoms with Gasteiger partial charge in [0, 0.05) is 16.1 Å². The molecule has 2 rings (SSSR count). The second-order valence-corrected chi connectivity index (χ2v) is 4.80. The molecule has 0 aromatic heterocycles. The van der Waals surface area contributed by atoms with Crippen LogP contribution in [0.15, 0.2) is 47.4 Å². The van der Waals surface area contributed by atoms with Gasteiger partial charge in [0.2, 0.25) is 0 Å². The van der Waals surface area contributed by atoms with Gasteiger partial charge in [-0.2, -0.15) is 0 Å². The number of anilines is 2. The summed E-state index contributed by atoms with van der Waals surface area (Å²) in [7, 11) is 0. The number of hydrogen-bond acceptors (Lipinski definition) is 3. The molecule has 98 valence electrons. The first-order valence-corrected chi connectivity index (χ1v) is 6.83. The standard InChI is InChI=1S/C14H13FN2OS/c1-19-11-5-2-9(3-6-11)14(18)17-13-7-4-10(16)8-12(13)15/h2-8H,16H2,1H3,(H,17,18). The van der Waals surface area contributed by atoms with Crippen molar-refractivity contribution in [2.75, 3.05) is 17.3 Å². The lowest BCUT2D eigenvalue weighted by atomic mass is 10.2. The monoisotopic (exact) mass is 276 g/mol. The molecule has 0 spiro atoms. The Morgan fingerprint density at radius 2 is 1.89 bits per heavy atom. The summed E-state index contributed by atoms with van der Waals surface area (Å²) in [6.07, 6.45) is 1.96. The molecule has 2 aromatic carbocycles. The predicted octanol–water partition coefficient (Wildman–Crippen LogP) is 3.38. The van der Waals surface area contributed by atoms with Crippen LogP contribution in [0.4, 0.5) is 15.8 Å². The Balaban J connectivity index is 2.15. The molecule has 3 N–H and O–H groups in total. The van der Waals surface area contributed by atoms with Crippen molar-refractivity contribution >= 4 is 29.0 Å². The van der Waals surface area contributed by atoms with Crippen LogP contribution in [0.3, 0.4) is 0 Å². The van der Waals surface area contributed by atoms with Crippen LogP contribution in [0.2, 0.25) is 0 Å². The summed E-state index contributed by atoms with van der Waals surface area (Å²) >= 11 is 1.59. The van der Waals surface area contributed by atoms with Crippen molar-refractivity contribution in [3.8, 4) is 0 Å². The third-order valence-corrected chi connectivity index (χ3v) is 3.34. The lowest BCUT2D eigenvalue weighted by molar-refractivity contribution is 0.102. The fraction of sp³-hybridized carbons (Fsp3) is 0.0714. The SMILES string of the molecule is CSc1ccc(C(=O)Nc2ccc(N)cc2F)cc1. The fourth-order valence-corrected chi connectivity index (χ4v) is 1.98. The Morgan fingerprint density at radius 1 is 1.21 bits per heavy atom. The molecule has 0 unspecified atom stereocenters. The molecule has 1 amide bonds. The highest BCUT2D eigenvalue weighted by Crippen LogP contribution is 2.19. The van der Waals surface area contributed by atoms with Gasteiger partial charge >= 0.3 is 0 Å². The van der Waals surface area contributed by atoms with E-state index in [0.29, 0.717) is 11.3 Å². The first kappa shape index (κ1) is 13.4. The molecule has 5 heteroatoms. The maximum atomic E-state index is 13.5. The summed E-state index contributed by atoms with van der Waals surface area (Å²) < 4.78 is 13.5. The van der Waals surface area contributed by atoms with Crippen LogP contribution >= 0.6 is 11.8 Å². The number of halogens is 1. The third-order valence-electron chi connectivity index (χ3n) is 2.59. The number of rotatable bonds is 3. The van der Waals surface area contributed by atoms with Crippen LogP contribution in [0.5, 0.6) is 0 Å². The van der Waals surface area contributed by atoms with Gasteiger partial charge in [-0.1, -0.05) is 0 Å². The van der Waals surface area contributed by atoms with E-state index >= 15 is 0 Å². The van der Waals surface area contributed by atoms with Crippen LogP contribution in [-0.4, -0.2) is 12.2 Å². The quantitative estimate of drug-likeness (QED) is 0.667. The summed E-state index contributed by atoms with van der Waals surface area (Å²) in [5.74, 6) is -0.898. The zero-order valence-electron chi connectivity index (χ0n) is 10.3. The predicted molar refractivity (Wildman–Crippen MR) is 77.0 cm³/mol. The molecular weight excluding hydrogens is 263 g/mol. The zero-order valence-corrected chi connectivity index (χ0v) is 11.1. The van der Waals surface area contributed by atoms with E-state index in [1.54, 1.807) is 23.9 Å². The van der Waals surface area contributed by atoms with Crippen LogP contribution in [-0.2, 0) is 0 Å². The van der Waals surface area contributed by atoms with Gasteiger partial charge in [0.1, 0.15) is 5.82 Å². The van der Waals surface area contributed by atoms with Gasteiger partial charge in [0.15, 0.2) is 0 Å². The average Bonchev–Trinajstić information content (AvgIpc) is 2.42. The second-order valence-electron chi connectivity index (χ2n) is 3.92. The molecule has 0 aliphatic carbocycles. The Labute approximate surface area is 115 Å². The Kier molecular flexibility index (Phi) is 4.06. The summed E-state index contributed by atoms with van der Waals surface area (Å²) in [5.41, 5.74) is 6.36. The van der Waals surface area contributed by atoms with Crippen LogP contribution in [0.25, 0.3) is 0 Å². The van der Waals surface area contributed by atoms with Gasteiger partial charge in [-0.25, -0.2) is 4.39 Å². The lowest BCUT2D eigenvalue weighted by Gasteiger charge is -2.07. The van der Waals surface area contributed by atoms with Gasteiger partial charge < -0.3 is 11.1 Å². The van der Waals surface area contributed by atoms with Crippen molar-refractivity contribution in [2.24, 2.45) is 0 Å². The van der Waals surface area contributed by atoms with Gasteiger partial charge in [-0.3, -0.25) is 4.79 Å². The highest BCUT2D eigenvalue weighted by atomic mass is 32.2. The number of thioether (sulfide) groups is 1. The molecule has 0 aliphatic rings. The van der Waals surface area contributed by atoms with E-state index in [0.717, 1.165) is 4.90 Å². The van der Waals surface area contributed by atoms with E-state index in [-0.39, 0.29) is 11.6 Å². The van der Waals surface area contributed by atoms with Crippen molar-refractivity contribution in [3.05, 3.63) is 53.8 Å². The molecular formula is C14H13FN2OS. The number of carbonyl (C=O) groups is 1. The van der Waals surface area contributed by atoms with Gasteiger partial charge in [-0.15, -0.1) is 11.8 Å². The van der Waals surface area contributed by atoms with Gasteiger partial charge in [0.25, 0.3) is 5.91 Å². The van der Waals surface area contributed by atoms with Crippen molar-refractivity contribution in [2.45, 2.75) is 4.90 Å². The number of amides is 1. The molecule has 19 heavy (non-hydrogen) atoms. The molecule has 2 aromatic rings. The van der Waals surface area contributed by atoms with E-state index in [1.807, 2.05) is 18.4 Å². The summed E-state index contributed by atoms with van der Waals surface area (Å²) in [5, 5.41) is 2.51. The third kappa shape index (κ3) is 3.26. The number of carbonyl (C=O) groups excluding carboxylic acids is 1. The topological polar surface area (TPSA) is 55.1 Å². The van der Waals surface area contributed by atoms with Crippen LogP contribution < -0.4 is 11.1 Å². The van der Waals surface area contributed by atoms with E-state index in [9.17, 15) is 9.18 Å². The molecule has 0 saturated carbocycles. The molecule has 0 fully saturated rings. The second kappa shape index (κ2) is 5.75. The summed E-state index contributed by atoms with van der Waals surface area (Å²) in [4.78, 5) is 13.0. The smallest absolute Gasteiger partial charge is 0.255 e. The highest BCUT2D eigenvalue weighted by molar-refractivity contribution is 7.98. The normalized spacial score (nSPS) is 10.2. The van der Waals surface area contributed by atoms with Gasteiger partial charge in [-0.05, 0) is 48.7 Å².